The Bertz CT molecular complexity index is 456. The predicted molar refractivity (Wildman–Crippen MR) is 79.5 cm³/mol. The highest BCUT2D eigenvalue weighted by Crippen LogP contribution is 2.29. The Morgan fingerprint density at radius 2 is 2.00 bits per heavy atom. The minimum atomic E-state index is -0.0271. The maximum Gasteiger partial charge on any atom is 0.238 e. The van der Waals surface area contributed by atoms with Crippen molar-refractivity contribution in [3.8, 4) is 5.75 Å². The topological polar surface area (TPSA) is 41.6 Å². The van der Waals surface area contributed by atoms with Gasteiger partial charge < -0.3 is 9.64 Å². The van der Waals surface area contributed by atoms with Crippen LogP contribution in [0.15, 0.2) is 24.3 Å². The van der Waals surface area contributed by atoms with Crippen LogP contribution in [-0.4, -0.2) is 30.5 Å². The zero-order chi connectivity index (χ0) is 14.7. The molecule has 0 radical (unpaired) electrons. The van der Waals surface area contributed by atoms with Gasteiger partial charge in [-0.2, -0.15) is 0 Å². The van der Waals surface area contributed by atoms with Crippen molar-refractivity contribution in [2.45, 2.75) is 39.4 Å². The van der Waals surface area contributed by atoms with E-state index in [4.69, 9.17) is 4.74 Å². The Hall–Kier alpha value is -1.55. The normalized spacial score (nSPS) is 20.6. The summed E-state index contributed by atoms with van der Waals surface area (Å²) < 4.78 is 5.19. The summed E-state index contributed by atoms with van der Waals surface area (Å²) in [6, 6.07) is 8.19. The van der Waals surface area contributed by atoms with Crippen LogP contribution in [0.1, 0.15) is 38.9 Å². The first-order valence-electron chi connectivity index (χ1n) is 7.27. The van der Waals surface area contributed by atoms with Crippen LogP contribution in [0.2, 0.25) is 0 Å². The van der Waals surface area contributed by atoms with E-state index in [1.165, 1.54) is 0 Å². The molecule has 4 nitrogen and oxygen atoms in total. The monoisotopic (exact) mass is 276 g/mol. The average Bonchev–Trinajstić information content (AvgIpc) is 2.82. The van der Waals surface area contributed by atoms with Gasteiger partial charge in [-0.1, -0.05) is 32.9 Å². The summed E-state index contributed by atoms with van der Waals surface area (Å²) in [4.78, 5) is 14.2. The molecule has 1 amide bonds. The van der Waals surface area contributed by atoms with E-state index < -0.39 is 0 Å². The molecule has 2 rings (SSSR count). The van der Waals surface area contributed by atoms with Crippen molar-refractivity contribution in [2.24, 2.45) is 5.92 Å². The maximum atomic E-state index is 12.2. The van der Waals surface area contributed by atoms with Crippen molar-refractivity contribution in [3.05, 3.63) is 29.8 Å². The van der Waals surface area contributed by atoms with Gasteiger partial charge in [0.1, 0.15) is 11.9 Å². The summed E-state index contributed by atoms with van der Waals surface area (Å²) in [6.45, 7) is 6.90. The molecule has 110 valence electrons. The fourth-order valence-corrected chi connectivity index (χ4v) is 2.95. The van der Waals surface area contributed by atoms with Gasteiger partial charge in [0.25, 0.3) is 0 Å². The van der Waals surface area contributed by atoms with Crippen molar-refractivity contribution in [2.75, 3.05) is 13.7 Å². The Kier molecular flexibility index (Phi) is 4.65. The van der Waals surface area contributed by atoms with Crippen LogP contribution in [-0.2, 0) is 4.79 Å². The molecule has 2 unspecified atom stereocenters. The van der Waals surface area contributed by atoms with Gasteiger partial charge in [-0.25, -0.2) is 0 Å². The summed E-state index contributed by atoms with van der Waals surface area (Å²) in [5.41, 5.74) is 1.11. The molecule has 1 aromatic rings. The lowest BCUT2D eigenvalue weighted by molar-refractivity contribution is -0.131. The highest BCUT2D eigenvalue weighted by molar-refractivity contribution is 5.81. The van der Waals surface area contributed by atoms with Crippen LogP contribution in [0.5, 0.6) is 5.75 Å². The number of nitrogens with zero attached hydrogens (tertiary/aromatic N) is 1. The van der Waals surface area contributed by atoms with Crippen molar-refractivity contribution in [1.29, 1.82) is 0 Å². The molecule has 1 saturated heterocycles. The summed E-state index contributed by atoms with van der Waals surface area (Å²) in [7, 11) is 1.66. The summed E-state index contributed by atoms with van der Waals surface area (Å²) in [5.74, 6) is 1.47. The molecule has 1 fully saturated rings. The Morgan fingerprint density at radius 3 is 2.50 bits per heavy atom. The first kappa shape index (κ1) is 14.9. The number of carbonyl (C=O) groups excluding carboxylic acids is 1. The molecule has 1 aliphatic rings. The third-order valence-electron chi connectivity index (χ3n) is 3.99. The number of hydrogen-bond donors (Lipinski definition) is 1. The Morgan fingerprint density at radius 1 is 1.35 bits per heavy atom. The number of nitrogens with one attached hydrogen (secondary N) is 1. The third kappa shape index (κ3) is 2.80. The molecule has 1 N–H and O–H groups in total. The average molecular weight is 276 g/mol. The third-order valence-corrected chi connectivity index (χ3v) is 3.99. The minimum absolute atomic E-state index is 0.0271. The second-order valence-corrected chi connectivity index (χ2v) is 5.58. The van der Waals surface area contributed by atoms with Gasteiger partial charge in [-0.15, -0.1) is 0 Å². The van der Waals surface area contributed by atoms with Crippen molar-refractivity contribution in [1.82, 2.24) is 10.2 Å². The summed E-state index contributed by atoms with van der Waals surface area (Å²) in [5, 5.41) is 3.32. The minimum Gasteiger partial charge on any atom is -0.497 e. The highest BCUT2D eigenvalue weighted by atomic mass is 16.5. The van der Waals surface area contributed by atoms with Gasteiger partial charge in [0.05, 0.1) is 13.7 Å². The molecule has 4 heteroatoms. The number of carbonyl (C=O) groups is 1. The summed E-state index contributed by atoms with van der Waals surface area (Å²) >= 11 is 0. The van der Waals surface area contributed by atoms with Crippen LogP contribution in [0, 0.1) is 5.92 Å². The van der Waals surface area contributed by atoms with Crippen LogP contribution >= 0.6 is 0 Å². The first-order chi connectivity index (χ1) is 9.58. The molecule has 0 spiro atoms. The SMILES string of the molecule is CCC(C(C)C)N1C(=O)CNC1c1ccc(OC)cc1. The number of hydrogen-bond acceptors (Lipinski definition) is 3. The number of ether oxygens (including phenoxy) is 1. The van der Waals surface area contributed by atoms with E-state index in [9.17, 15) is 4.79 Å². The van der Waals surface area contributed by atoms with Crippen LogP contribution in [0.3, 0.4) is 0 Å². The smallest absolute Gasteiger partial charge is 0.238 e. The van der Waals surface area contributed by atoms with E-state index >= 15 is 0 Å². The van der Waals surface area contributed by atoms with Crippen molar-refractivity contribution in [3.63, 3.8) is 0 Å². The van der Waals surface area contributed by atoms with Crippen LogP contribution in [0.4, 0.5) is 0 Å². The number of benzene rings is 1. The molecule has 1 heterocycles. The molecule has 1 aliphatic heterocycles. The van der Waals surface area contributed by atoms with Crippen LogP contribution < -0.4 is 10.1 Å². The van der Waals surface area contributed by atoms with E-state index in [-0.39, 0.29) is 18.1 Å². The molecule has 0 aliphatic carbocycles. The van der Waals surface area contributed by atoms with E-state index in [0.717, 1.165) is 17.7 Å². The standard InChI is InChI=1S/C16H24N2O2/c1-5-14(11(2)3)18-15(19)10-17-16(18)12-6-8-13(20-4)9-7-12/h6-9,11,14,16-17H,5,10H2,1-4H3. The molecule has 0 aromatic heterocycles. The molecule has 1 aromatic carbocycles. The van der Waals surface area contributed by atoms with Gasteiger partial charge in [-0.3, -0.25) is 10.1 Å². The first-order valence-corrected chi connectivity index (χ1v) is 7.27. The Balaban J connectivity index is 2.26. The lowest BCUT2D eigenvalue weighted by Crippen LogP contribution is -2.42. The second kappa shape index (κ2) is 6.27. The van der Waals surface area contributed by atoms with E-state index in [1.54, 1.807) is 7.11 Å². The van der Waals surface area contributed by atoms with Gasteiger partial charge in [-0.05, 0) is 30.0 Å². The lowest BCUT2D eigenvalue weighted by Gasteiger charge is -2.35. The fourth-order valence-electron chi connectivity index (χ4n) is 2.95. The van der Waals surface area contributed by atoms with Crippen molar-refractivity contribution >= 4 is 5.91 Å². The maximum absolute atomic E-state index is 12.2. The molecular weight excluding hydrogens is 252 g/mol. The van der Waals surface area contributed by atoms with Crippen molar-refractivity contribution < 1.29 is 9.53 Å². The molecule has 0 bridgehead atoms. The molecule has 0 saturated carbocycles. The van der Waals surface area contributed by atoms with Crippen LogP contribution in [0.25, 0.3) is 0 Å². The highest BCUT2D eigenvalue weighted by Gasteiger charge is 2.37. The zero-order valence-electron chi connectivity index (χ0n) is 12.7. The van der Waals surface area contributed by atoms with E-state index in [1.807, 2.05) is 29.2 Å². The van der Waals surface area contributed by atoms with Gasteiger partial charge in [0, 0.05) is 6.04 Å². The Labute approximate surface area is 121 Å². The van der Waals surface area contributed by atoms with Gasteiger partial charge in [0.15, 0.2) is 0 Å². The van der Waals surface area contributed by atoms with E-state index in [2.05, 4.69) is 26.1 Å². The second-order valence-electron chi connectivity index (χ2n) is 5.58. The van der Waals surface area contributed by atoms with Gasteiger partial charge >= 0.3 is 0 Å². The largest absolute Gasteiger partial charge is 0.497 e. The number of methoxy groups -OCH3 is 1. The lowest BCUT2D eigenvalue weighted by atomic mass is 9.98. The number of rotatable bonds is 5. The quantitative estimate of drug-likeness (QED) is 0.898. The predicted octanol–water partition coefficient (Wildman–Crippen LogP) is 2.56. The zero-order valence-corrected chi connectivity index (χ0v) is 12.7. The van der Waals surface area contributed by atoms with E-state index in [0.29, 0.717) is 12.5 Å². The fraction of sp³-hybridized carbons (Fsp3) is 0.562. The molecule has 2 atom stereocenters. The molecular formula is C16H24N2O2. The number of amides is 1. The van der Waals surface area contributed by atoms with Gasteiger partial charge in [0.2, 0.25) is 5.91 Å². The molecule has 20 heavy (non-hydrogen) atoms. The summed E-state index contributed by atoms with van der Waals surface area (Å²) in [6.07, 6.45) is 0.943.